The third-order valence-electron chi connectivity index (χ3n) is 3.78. The summed E-state index contributed by atoms with van der Waals surface area (Å²) in [7, 11) is 0. The molecule has 0 aliphatic heterocycles. The van der Waals surface area contributed by atoms with Gasteiger partial charge in [0.25, 0.3) is 11.5 Å². The summed E-state index contributed by atoms with van der Waals surface area (Å²) in [5, 5.41) is 11.8. The monoisotopic (exact) mass is 363 g/mol. The molecule has 0 radical (unpaired) electrons. The minimum absolute atomic E-state index is 0.258. The molecule has 0 bridgehead atoms. The summed E-state index contributed by atoms with van der Waals surface area (Å²) in [5.74, 6) is -0.261. The Morgan fingerprint density at radius 2 is 1.88 bits per heavy atom. The summed E-state index contributed by atoms with van der Waals surface area (Å²) in [6.45, 7) is 1.92. The molecule has 0 unspecified atom stereocenters. The number of hydrogen-bond acceptors (Lipinski definition) is 6. The lowest BCUT2D eigenvalue weighted by atomic mass is 10.2. The van der Waals surface area contributed by atoms with E-state index in [0.29, 0.717) is 27.3 Å². The maximum Gasteiger partial charge on any atom is 0.282 e. The zero-order valence-electron chi connectivity index (χ0n) is 13.7. The van der Waals surface area contributed by atoms with E-state index in [1.807, 2.05) is 6.92 Å². The second kappa shape index (κ2) is 6.49. The lowest BCUT2D eigenvalue weighted by Crippen LogP contribution is -2.22. The van der Waals surface area contributed by atoms with Crippen LogP contribution in [0.4, 0.5) is 5.13 Å². The highest BCUT2D eigenvalue weighted by molar-refractivity contribution is 7.15. The summed E-state index contributed by atoms with van der Waals surface area (Å²) in [4.78, 5) is 30.0. The van der Waals surface area contributed by atoms with Crippen LogP contribution in [0.3, 0.4) is 0 Å². The van der Waals surface area contributed by atoms with Crippen molar-refractivity contribution in [2.45, 2.75) is 6.92 Å². The lowest BCUT2D eigenvalue weighted by molar-refractivity contribution is 0.102. The number of carbonyl (C=O) groups is 1. The van der Waals surface area contributed by atoms with Crippen LogP contribution >= 0.6 is 11.3 Å². The van der Waals surface area contributed by atoms with Crippen LogP contribution in [0.5, 0.6) is 0 Å². The van der Waals surface area contributed by atoms with Crippen molar-refractivity contribution in [2.24, 2.45) is 0 Å². The van der Waals surface area contributed by atoms with Crippen molar-refractivity contribution in [1.82, 2.24) is 20.0 Å². The molecule has 0 aliphatic carbocycles. The maximum absolute atomic E-state index is 12.6. The van der Waals surface area contributed by atoms with Crippen LogP contribution in [-0.4, -0.2) is 25.9 Å². The van der Waals surface area contributed by atoms with Crippen LogP contribution in [0.25, 0.3) is 16.6 Å². The van der Waals surface area contributed by atoms with E-state index in [1.54, 1.807) is 54.7 Å². The predicted molar refractivity (Wildman–Crippen MR) is 99.9 cm³/mol. The van der Waals surface area contributed by atoms with E-state index in [4.69, 9.17) is 0 Å². The lowest BCUT2D eigenvalue weighted by Gasteiger charge is -2.06. The molecule has 0 spiro atoms. The van der Waals surface area contributed by atoms with Crippen molar-refractivity contribution in [2.75, 3.05) is 5.32 Å². The first-order valence-electron chi connectivity index (χ1n) is 7.81. The van der Waals surface area contributed by atoms with Gasteiger partial charge in [0.1, 0.15) is 5.52 Å². The number of aromatic nitrogens is 4. The fraction of sp³-hybridized carbons (Fsp3) is 0.0556. The zero-order chi connectivity index (χ0) is 18.1. The SMILES string of the molecule is Cc1cnc(NC(=O)c2ccc(-n3nnc4ccccc4c3=O)cc2)s1. The summed E-state index contributed by atoms with van der Waals surface area (Å²) < 4.78 is 1.22. The third kappa shape index (κ3) is 2.98. The van der Waals surface area contributed by atoms with Gasteiger partial charge in [-0.1, -0.05) is 17.3 Å². The Labute approximate surface area is 151 Å². The van der Waals surface area contributed by atoms with Gasteiger partial charge in [-0.3, -0.25) is 14.9 Å². The van der Waals surface area contributed by atoms with Crippen molar-refractivity contribution >= 4 is 33.3 Å². The van der Waals surface area contributed by atoms with E-state index in [1.165, 1.54) is 16.0 Å². The minimum Gasteiger partial charge on any atom is -0.298 e. The van der Waals surface area contributed by atoms with Gasteiger partial charge in [0, 0.05) is 16.6 Å². The molecular formula is C18H13N5O2S. The van der Waals surface area contributed by atoms with Gasteiger partial charge in [0.15, 0.2) is 5.13 Å². The molecule has 0 atom stereocenters. The molecule has 4 rings (SSSR count). The van der Waals surface area contributed by atoms with Crippen molar-refractivity contribution in [1.29, 1.82) is 0 Å². The first-order chi connectivity index (χ1) is 12.6. The highest BCUT2D eigenvalue weighted by Crippen LogP contribution is 2.18. The van der Waals surface area contributed by atoms with Gasteiger partial charge < -0.3 is 0 Å². The van der Waals surface area contributed by atoms with Crippen LogP contribution in [0.1, 0.15) is 15.2 Å². The summed E-state index contributed by atoms with van der Waals surface area (Å²) >= 11 is 1.41. The second-order valence-electron chi connectivity index (χ2n) is 5.60. The Morgan fingerprint density at radius 3 is 2.62 bits per heavy atom. The van der Waals surface area contributed by atoms with Crippen LogP contribution in [0.15, 0.2) is 59.5 Å². The predicted octanol–water partition coefficient (Wildman–Crippen LogP) is 2.80. The normalized spacial score (nSPS) is 10.8. The summed E-state index contributed by atoms with van der Waals surface area (Å²) in [6, 6.07) is 13.6. The third-order valence-corrected chi connectivity index (χ3v) is 4.61. The standard InChI is InChI=1S/C18H13N5O2S/c1-11-10-19-18(26-11)20-16(24)12-6-8-13(9-7-12)23-17(25)14-4-2-3-5-15(14)21-22-23/h2-10H,1H3,(H,19,20,24). The highest BCUT2D eigenvalue weighted by atomic mass is 32.1. The van der Waals surface area contributed by atoms with Crippen LogP contribution < -0.4 is 10.9 Å². The summed E-state index contributed by atoms with van der Waals surface area (Å²) in [6.07, 6.45) is 1.70. The van der Waals surface area contributed by atoms with Crippen molar-refractivity contribution in [3.63, 3.8) is 0 Å². The Hall–Kier alpha value is -3.39. The smallest absolute Gasteiger partial charge is 0.282 e. The number of thiazole rings is 1. The highest BCUT2D eigenvalue weighted by Gasteiger charge is 2.10. The molecule has 8 heteroatoms. The van der Waals surface area contributed by atoms with Gasteiger partial charge in [-0.15, -0.1) is 16.4 Å². The average Bonchev–Trinajstić information content (AvgIpc) is 3.07. The summed E-state index contributed by atoms with van der Waals surface area (Å²) in [5.41, 5.74) is 1.29. The van der Waals surface area contributed by atoms with Crippen LogP contribution in [-0.2, 0) is 0 Å². The number of benzene rings is 2. The number of rotatable bonds is 3. The van der Waals surface area contributed by atoms with Gasteiger partial charge in [-0.05, 0) is 43.3 Å². The Balaban J connectivity index is 1.63. The van der Waals surface area contributed by atoms with E-state index in [-0.39, 0.29) is 11.5 Å². The fourth-order valence-electron chi connectivity index (χ4n) is 2.49. The average molecular weight is 363 g/mol. The molecule has 7 nitrogen and oxygen atoms in total. The first kappa shape index (κ1) is 16.1. The largest absolute Gasteiger partial charge is 0.298 e. The number of carbonyl (C=O) groups excluding carboxylic acids is 1. The molecule has 0 fully saturated rings. The number of anilines is 1. The molecule has 128 valence electrons. The second-order valence-corrected chi connectivity index (χ2v) is 6.84. The Kier molecular flexibility index (Phi) is 4.02. The number of nitrogens with zero attached hydrogens (tertiary/aromatic N) is 4. The fourth-order valence-corrected chi connectivity index (χ4v) is 3.15. The van der Waals surface area contributed by atoms with E-state index in [0.717, 1.165) is 4.88 Å². The van der Waals surface area contributed by atoms with Crippen LogP contribution in [0, 0.1) is 6.92 Å². The molecule has 1 N–H and O–H groups in total. The van der Waals surface area contributed by atoms with E-state index >= 15 is 0 Å². The van der Waals surface area contributed by atoms with E-state index < -0.39 is 0 Å². The molecular weight excluding hydrogens is 350 g/mol. The topological polar surface area (TPSA) is 89.8 Å². The Morgan fingerprint density at radius 1 is 1.12 bits per heavy atom. The Bertz CT molecular complexity index is 1160. The molecule has 0 aliphatic rings. The van der Waals surface area contributed by atoms with Crippen molar-refractivity contribution in [3.05, 3.63) is 75.5 Å². The van der Waals surface area contributed by atoms with Gasteiger partial charge in [0.05, 0.1) is 11.1 Å². The van der Waals surface area contributed by atoms with Crippen molar-refractivity contribution < 1.29 is 4.79 Å². The number of nitrogens with one attached hydrogen (secondary N) is 1. The minimum atomic E-state index is -0.261. The van der Waals surface area contributed by atoms with Gasteiger partial charge in [0.2, 0.25) is 0 Å². The van der Waals surface area contributed by atoms with Gasteiger partial charge >= 0.3 is 0 Å². The number of amides is 1. The van der Waals surface area contributed by atoms with Crippen molar-refractivity contribution in [3.8, 4) is 5.69 Å². The molecule has 2 aromatic carbocycles. The first-order valence-corrected chi connectivity index (χ1v) is 8.62. The molecule has 0 saturated heterocycles. The molecule has 26 heavy (non-hydrogen) atoms. The number of fused-ring (bicyclic) bond motifs is 1. The molecule has 2 heterocycles. The molecule has 4 aromatic rings. The molecule has 0 saturated carbocycles. The number of hydrogen-bond donors (Lipinski definition) is 1. The molecule has 1 amide bonds. The van der Waals surface area contributed by atoms with E-state index in [2.05, 4.69) is 20.6 Å². The number of aryl methyl sites for hydroxylation is 1. The maximum atomic E-state index is 12.6. The zero-order valence-corrected chi connectivity index (χ0v) is 14.5. The molecule has 2 aromatic heterocycles. The van der Waals surface area contributed by atoms with Crippen LogP contribution in [0.2, 0.25) is 0 Å². The quantitative estimate of drug-likeness (QED) is 0.604. The van der Waals surface area contributed by atoms with E-state index in [9.17, 15) is 9.59 Å². The van der Waals surface area contributed by atoms with Gasteiger partial charge in [-0.2, -0.15) is 4.68 Å². The van der Waals surface area contributed by atoms with Gasteiger partial charge in [-0.25, -0.2) is 4.98 Å².